The van der Waals surface area contributed by atoms with Gasteiger partial charge in [-0.2, -0.15) is 0 Å². The van der Waals surface area contributed by atoms with Crippen molar-refractivity contribution in [3.8, 4) is 0 Å². The third-order valence-corrected chi connectivity index (χ3v) is 3.17. The van der Waals surface area contributed by atoms with Crippen molar-refractivity contribution < 1.29 is 14.9 Å². The Kier molecular flexibility index (Phi) is 2.66. The zero-order valence-electron chi connectivity index (χ0n) is 9.51. The first-order valence-electron chi connectivity index (χ1n) is 5.69. The number of imidazole rings is 1. The molecule has 0 saturated carbocycles. The van der Waals surface area contributed by atoms with E-state index in [-0.39, 0.29) is 18.7 Å². The standard InChI is InChI=1S/C11H13N3O4/c15-6-8-7(16)5-10(18-8)14-3-1-9-12-2-4-13(9)11(14)17/h1-4,7-8,10,15-16H,5-6H2. The molecule has 2 aromatic rings. The monoisotopic (exact) mass is 251 g/mol. The van der Waals surface area contributed by atoms with Crippen molar-refractivity contribution in [2.45, 2.75) is 24.9 Å². The van der Waals surface area contributed by atoms with Gasteiger partial charge in [0.15, 0.2) is 0 Å². The third kappa shape index (κ3) is 1.64. The first-order valence-corrected chi connectivity index (χ1v) is 5.69. The van der Waals surface area contributed by atoms with Gasteiger partial charge in [0.2, 0.25) is 0 Å². The smallest absolute Gasteiger partial charge is 0.336 e. The van der Waals surface area contributed by atoms with Crippen molar-refractivity contribution in [3.05, 3.63) is 35.1 Å². The van der Waals surface area contributed by atoms with Crippen molar-refractivity contribution in [3.63, 3.8) is 0 Å². The van der Waals surface area contributed by atoms with E-state index in [2.05, 4.69) is 4.98 Å². The highest BCUT2D eigenvalue weighted by molar-refractivity contribution is 5.35. The summed E-state index contributed by atoms with van der Waals surface area (Å²) in [4.78, 5) is 16.2. The van der Waals surface area contributed by atoms with Crippen molar-refractivity contribution in [1.82, 2.24) is 14.0 Å². The van der Waals surface area contributed by atoms with Gasteiger partial charge in [0.25, 0.3) is 0 Å². The molecule has 0 spiro atoms. The van der Waals surface area contributed by atoms with E-state index in [0.717, 1.165) is 0 Å². The molecule has 0 aromatic carbocycles. The van der Waals surface area contributed by atoms with Crippen molar-refractivity contribution in [2.75, 3.05) is 6.61 Å². The Bertz CT molecular complexity index is 620. The molecule has 3 atom stereocenters. The van der Waals surface area contributed by atoms with Crippen LogP contribution in [0.2, 0.25) is 0 Å². The fourth-order valence-electron chi connectivity index (χ4n) is 2.20. The quantitative estimate of drug-likeness (QED) is 0.724. The zero-order chi connectivity index (χ0) is 12.7. The summed E-state index contributed by atoms with van der Waals surface area (Å²) < 4.78 is 8.25. The van der Waals surface area contributed by atoms with Gasteiger partial charge >= 0.3 is 5.69 Å². The maximum absolute atomic E-state index is 12.1. The van der Waals surface area contributed by atoms with E-state index >= 15 is 0 Å². The van der Waals surface area contributed by atoms with Gasteiger partial charge in [0.1, 0.15) is 18.0 Å². The first kappa shape index (κ1) is 11.4. The van der Waals surface area contributed by atoms with Gasteiger partial charge in [-0.3, -0.25) is 8.97 Å². The molecule has 3 unspecified atom stereocenters. The molecule has 1 aliphatic rings. The second-order valence-electron chi connectivity index (χ2n) is 4.28. The predicted molar refractivity (Wildman–Crippen MR) is 61.1 cm³/mol. The summed E-state index contributed by atoms with van der Waals surface area (Å²) >= 11 is 0. The first-order chi connectivity index (χ1) is 8.70. The predicted octanol–water partition coefficient (Wildman–Crippen LogP) is -0.863. The molecule has 0 bridgehead atoms. The number of hydrogen-bond donors (Lipinski definition) is 2. The van der Waals surface area contributed by atoms with E-state index in [9.17, 15) is 9.90 Å². The number of aliphatic hydroxyl groups excluding tert-OH is 2. The fourth-order valence-corrected chi connectivity index (χ4v) is 2.20. The molecule has 0 radical (unpaired) electrons. The van der Waals surface area contributed by atoms with Crippen LogP contribution in [0.5, 0.6) is 0 Å². The Morgan fingerprint density at radius 2 is 2.33 bits per heavy atom. The number of hydrogen-bond acceptors (Lipinski definition) is 5. The topological polar surface area (TPSA) is 89.0 Å². The summed E-state index contributed by atoms with van der Waals surface area (Å²) in [6, 6.07) is 1.70. The molecule has 18 heavy (non-hydrogen) atoms. The van der Waals surface area contributed by atoms with E-state index in [1.54, 1.807) is 24.7 Å². The van der Waals surface area contributed by atoms with Crippen LogP contribution >= 0.6 is 0 Å². The average molecular weight is 251 g/mol. The number of nitrogens with zero attached hydrogens (tertiary/aromatic N) is 3. The van der Waals surface area contributed by atoms with Gasteiger partial charge < -0.3 is 14.9 Å². The molecule has 7 nitrogen and oxygen atoms in total. The summed E-state index contributed by atoms with van der Waals surface area (Å²) in [6.45, 7) is -0.264. The van der Waals surface area contributed by atoms with Crippen LogP contribution < -0.4 is 5.69 Å². The molecule has 1 saturated heterocycles. The van der Waals surface area contributed by atoms with Gasteiger partial charge in [-0.15, -0.1) is 0 Å². The van der Waals surface area contributed by atoms with E-state index in [0.29, 0.717) is 5.65 Å². The summed E-state index contributed by atoms with van der Waals surface area (Å²) in [6.07, 6.45) is 3.03. The number of ether oxygens (including phenoxy) is 1. The second kappa shape index (κ2) is 4.20. The largest absolute Gasteiger partial charge is 0.394 e. The van der Waals surface area contributed by atoms with E-state index in [1.807, 2.05) is 0 Å². The average Bonchev–Trinajstić information content (AvgIpc) is 2.96. The highest BCUT2D eigenvalue weighted by Gasteiger charge is 2.34. The lowest BCUT2D eigenvalue weighted by atomic mass is 10.2. The molecule has 2 aromatic heterocycles. The van der Waals surface area contributed by atoms with Crippen LogP contribution in [-0.2, 0) is 4.74 Å². The zero-order valence-corrected chi connectivity index (χ0v) is 9.51. The van der Waals surface area contributed by atoms with Crippen LogP contribution in [-0.4, -0.2) is 43.0 Å². The molecule has 3 rings (SSSR count). The molecule has 0 aliphatic carbocycles. The van der Waals surface area contributed by atoms with E-state index < -0.39 is 18.4 Å². The molecule has 1 fully saturated rings. The van der Waals surface area contributed by atoms with Crippen LogP contribution in [0.4, 0.5) is 0 Å². The van der Waals surface area contributed by atoms with Crippen LogP contribution in [0.15, 0.2) is 29.5 Å². The van der Waals surface area contributed by atoms with Gasteiger partial charge in [-0.1, -0.05) is 0 Å². The Labute approximate surface area is 102 Å². The SMILES string of the molecule is O=c1n(C2CC(O)C(CO)O2)ccc2nccn12. The number of fused-ring (bicyclic) bond motifs is 1. The van der Waals surface area contributed by atoms with Crippen molar-refractivity contribution in [2.24, 2.45) is 0 Å². The molecule has 2 N–H and O–H groups in total. The van der Waals surface area contributed by atoms with Gasteiger partial charge in [0, 0.05) is 25.0 Å². The lowest BCUT2D eigenvalue weighted by molar-refractivity contribution is -0.0459. The van der Waals surface area contributed by atoms with Gasteiger partial charge in [-0.25, -0.2) is 9.78 Å². The molecule has 7 heteroatoms. The number of aliphatic hydroxyl groups is 2. The maximum Gasteiger partial charge on any atom is 0.336 e. The molecule has 96 valence electrons. The number of aromatic nitrogens is 3. The highest BCUT2D eigenvalue weighted by Crippen LogP contribution is 2.27. The third-order valence-electron chi connectivity index (χ3n) is 3.17. The van der Waals surface area contributed by atoms with Crippen LogP contribution in [0, 0.1) is 0 Å². The number of rotatable bonds is 2. The van der Waals surface area contributed by atoms with Crippen LogP contribution in [0.25, 0.3) is 5.65 Å². The van der Waals surface area contributed by atoms with Crippen LogP contribution in [0.3, 0.4) is 0 Å². The van der Waals surface area contributed by atoms with Gasteiger partial charge in [-0.05, 0) is 6.07 Å². The maximum atomic E-state index is 12.1. The molecular formula is C11H13N3O4. The van der Waals surface area contributed by atoms with Crippen molar-refractivity contribution in [1.29, 1.82) is 0 Å². The summed E-state index contributed by atoms with van der Waals surface area (Å²) in [5.74, 6) is 0. The Hall–Kier alpha value is -1.70. The van der Waals surface area contributed by atoms with E-state index in [4.69, 9.17) is 9.84 Å². The minimum absolute atomic E-state index is 0.264. The lowest BCUT2D eigenvalue weighted by Crippen LogP contribution is -2.29. The molecule has 1 aliphatic heterocycles. The normalized spacial score (nSPS) is 28.0. The molecule has 0 amide bonds. The van der Waals surface area contributed by atoms with E-state index in [1.165, 1.54) is 8.97 Å². The highest BCUT2D eigenvalue weighted by atomic mass is 16.5. The van der Waals surface area contributed by atoms with Crippen molar-refractivity contribution >= 4 is 5.65 Å². The Morgan fingerprint density at radius 3 is 3.06 bits per heavy atom. The fraction of sp³-hybridized carbons (Fsp3) is 0.455. The van der Waals surface area contributed by atoms with Gasteiger partial charge in [0.05, 0.1) is 12.7 Å². The summed E-state index contributed by atoms with van der Waals surface area (Å²) in [5.41, 5.74) is 0.286. The minimum atomic E-state index is -0.759. The Morgan fingerprint density at radius 1 is 1.50 bits per heavy atom. The summed E-state index contributed by atoms with van der Waals surface area (Å²) in [7, 11) is 0. The summed E-state index contributed by atoms with van der Waals surface area (Å²) in [5, 5.41) is 18.7. The second-order valence-corrected chi connectivity index (χ2v) is 4.28. The minimum Gasteiger partial charge on any atom is -0.394 e. The molecule has 3 heterocycles. The molecular weight excluding hydrogens is 238 g/mol. The van der Waals surface area contributed by atoms with Crippen LogP contribution in [0.1, 0.15) is 12.6 Å². The Balaban J connectivity index is 2.00. The lowest BCUT2D eigenvalue weighted by Gasteiger charge is -2.14.